The second kappa shape index (κ2) is 11.8. The minimum absolute atomic E-state index is 0. The van der Waals surface area contributed by atoms with Crippen molar-refractivity contribution in [2.24, 2.45) is 4.99 Å². The van der Waals surface area contributed by atoms with Crippen LogP contribution in [0.2, 0.25) is 0 Å². The van der Waals surface area contributed by atoms with Crippen LogP contribution in [-0.4, -0.2) is 49.1 Å². The van der Waals surface area contributed by atoms with Crippen LogP contribution in [0.4, 0.5) is 0 Å². The molecule has 0 saturated carbocycles. The fourth-order valence-corrected chi connectivity index (χ4v) is 3.38. The van der Waals surface area contributed by atoms with Gasteiger partial charge >= 0.3 is 0 Å². The number of hydrogen-bond acceptors (Lipinski definition) is 2. The molecule has 1 aromatic carbocycles. The summed E-state index contributed by atoms with van der Waals surface area (Å²) >= 11 is 0. The minimum Gasteiger partial charge on any atom is -0.357 e. The molecule has 5 heteroatoms. The number of nitrogens with zero attached hydrogens (tertiary/aromatic N) is 2. The molecular weight excluding hydrogens is 435 g/mol. The molecule has 0 spiro atoms. The number of halogens is 1. The molecule has 0 aliphatic carbocycles. The summed E-state index contributed by atoms with van der Waals surface area (Å²) in [6.07, 6.45) is 2.38. The molecular formula is C21H37IN4. The maximum atomic E-state index is 4.85. The monoisotopic (exact) mass is 472 g/mol. The van der Waals surface area contributed by atoms with Gasteiger partial charge < -0.3 is 15.5 Å². The maximum absolute atomic E-state index is 4.85. The second-order valence-corrected chi connectivity index (χ2v) is 7.58. The van der Waals surface area contributed by atoms with E-state index in [0.29, 0.717) is 18.0 Å². The molecule has 2 N–H and O–H groups in total. The van der Waals surface area contributed by atoms with Crippen molar-refractivity contribution in [1.82, 2.24) is 15.5 Å². The number of hydrogen-bond donors (Lipinski definition) is 2. The first-order valence-electron chi connectivity index (χ1n) is 9.85. The average molecular weight is 472 g/mol. The van der Waals surface area contributed by atoms with Gasteiger partial charge in [-0.1, -0.05) is 36.8 Å². The van der Waals surface area contributed by atoms with Crippen LogP contribution in [0.3, 0.4) is 0 Å². The summed E-state index contributed by atoms with van der Waals surface area (Å²) in [5, 5.41) is 7.05. The van der Waals surface area contributed by atoms with Gasteiger partial charge in [-0.25, -0.2) is 0 Å². The SMILES string of the molecule is CCNC(=NCC(C)c1cccc(C)c1)NC1CCN(C(C)C)CC1.I. The van der Waals surface area contributed by atoms with E-state index in [1.807, 2.05) is 0 Å². The molecule has 148 valence electrons. The number of aryl methyl sites for hydroxylation is 1. The van der Waals surface area contributed by atoms with E-state index in [2.05, 4.69) is 74.4 Å². The highest BCUT2D eigenvalue weighted by Gasteiger charge is 2.21. The number of rotatable bonds is 6. The van der Waals surface area contributed by atoms with Crippen LogP contribution >= 0.6 is 24.0 Å². The number of aliphatic imine (C=N–C) groups is 1. The van der Waals surface area contributed by atoms with E-state index in [9.17, 15) is 0 Å². The molecule has 2 rings (SSSR count). The van der Waals surface area contributed by atoms with Crippen molar-refractivity contribution in [2.45, 2.75) is 65.5 Å². The molecule has 1 heterocycles. The summed E-state index contributed by atoms with van der Waals surface area (Å²) in [6, 6.07) is 9.93. The predicted octanol–water partition coefficient (Wildman–Crippen LogP) is 4.14. The summed E-state index contributed by atoms with van der Waals surface area (Å²) in [5.74, 6) is 1.39. The Bertz CT molecular complexity index is 551. The Labute approximate surface area is 177 Å². The maximum Gasteiger partial charge on any atom is 0.191 e. The van der Waals surface area contributed by atoms with E-state index in [0.717, 1.165) is 19.0 Å². The standard InChI is InChI=1S/C21H36N4.HI/c1-6-22-21(24-20-10-12-25(13-11-20)16(2)3)23-15-18(5)19-9-7-8-17(4)14-19;/h7-9,14,16,18,20H,6,10-13,15H2,1-5H3,(H2,22,23,24);1H. The van der Waals surface area contributed by atoms with E-state index in [1.54, 1.807) is 0 Å². The van der Waals surface area contributed by atoms with Gasteiger partial charge in [0.1, 0.15) is 0 Å². The van der Waals surface area contributed by atoms with Crippen molar-refractivity contribution in [3.05, 3.63) is 35.4 Å². The van der Waals surface area contributed by atoms with E-state index in [-0.39, 0.29) is 24.0 Å². The highest BCUT2D eigenvalue weighted by molar-refractivity contribution is 14.0. The van der Waals surface area contributed by atoms with Gasteiger partial charge in [0.2, 0.25) is 0 Å². The minimum atomic E-state index is 0. The summed E-state index contributed by atoms with van der Waals surface area (Å²) in [6.45, 7) is 15.2. The van der Waals surface area contributed by atoms with Gasteiger partial charge in [-0.2, -0.15) is 0 Å². The molecule has 1 aliphatic rings. The topological polar surface area (TPSA) is 39.7 Å². The van der Waals surface area contributed by atoms with Crippen molar-refractivity contribution in [3.8, 4) is 0 Å². The number of piperidine rings is 1. The predicted molar refractivity (Wildman–Crippen MR) is 124 cm³/mol. The van der Waals surface area contributed by atoms with E-state index in [1.165, 1.54) is 37.1 Å². The fourth-order valence-electron chi connectivity index (χ4n) is 3.38. The quantitative estimate of drug-likeness (QED) is 0.372. The van der Waals surface area contributed by atoms with E-state index in [4.69, 9.17) is 4.99 Å². The Balaban J connectivity index is 0.00000338. The van der Waals surface area contributed by atoms with E-state index < -0.39 is 0 Å². The van der Waals surface area contributed by atoms with E-state index >= 15 is 0 Å². The summed E-state index contributed by atoms with van der Waals surface area (Å²) in [4.78, 5) is 7.41. The Morgan fingerprint density at radius 2 is 1.92 bits per heavy atom. The lowest BCUT2D eigenvalue weighted by atomic mass is 10.00. The van der Waals surface area contributed by atoms with Crippen molar-refractivity contribution in [1.29, 1.82) is 0 Å². The van der Waals surface area contributed by atoms with Crippen molar-refractivity contribution in [3.63, 3.8) is 0 Å². The van der Waals surface area contributed by atoms with Gasteiger partial charge in [-0.15, -0.1) is 24.0 Å². The molecule has 1 aromatic rings. The fraction of sp³-hybridized carbons (Fsp3) is 0.667. The average Bonchev–Trinajstić information content (AvgIpc) is 2.60. The van der Waals surface area contributed by atoms with Gasteiger partial charge in [0, 0.05) is 44.2 Å². The van der Waals surface area contributed by atoms with Gasteiger partial charge in [0.25, 0.3) is 0 Å². The molecule has 1 fully saturated rings. The highest BCUT2D eigenvalue weighted by atomic mass is 127. The second-order valence-electron chi connectivity index (χ2n) is 7.58. The number of guanidine groups is 1. The number of benzene rings is 1. The molecule has 0 aromatic heterocycles. The summed E-state index contributed by atoms with van der Waals surface area (Å²) < 4.78 is 0. The lowest BCUT2D eigenvalue weighted by Gasteiger charge is -2.35. The third-order valence-electron chi connectivity index (χ3n) is 5.08. The summed E-state index contributed by atoms with van der Waals surface area (Å²) in [7, 11) is 0. The normalized spacial score (nSPS) is 17.7. The molecule has 0 bridgehead atoms. The Hall–Kier alpha value is -0.820. The van der Waals surface area contributed by atoms with Gasteiger partial charge in [-0.05, 0) is 46.1 Å². The molecule has 1 aliphatic heterocycles. The van der Waals surface area contributed by atoms with Gasteiger partial charge in [0.05, 0.1) is 0 Å². The van der Waals surface area contributed by atoms with Crippen LogP contribution in [0.1, 0.15) is 57.6 Å². The van der Waals surface area contributed by atoms with Crippen LogP contribution in [-0.2, 0) is 0 Å². The first-order chi connectivity index (χ1) is 12.0. The molecule has 1 atom stereocenters. The Kier molecular flexibility index (Phi) is 10.5. The Morgan fingerprint density at radius 1 is 1.23 bits per heavy atom. The first-order valence-corrected chi connectivity index (χ1v) is 9.85. The zero-order valence-electron chi connectivity index (χ0n) is 17.1. The summed E-state index contributed by atoms with van der Waals surface area (Å²) in [5.41, 5.74) is 2.68. The van der Waals surface area contributed by atoms with Crippen LogP contribution in [0.25, 0.3) is 0 Å². The highest BCUT2D eigenvalue weighted by Crippen LogP contribution is 2.17. The van der Waals surface area contributed by atoms with Crippen LogP contribution in [0.15, 0.2) is 29.3 Å². The zero-order valence-corrected chi connectivity index (χ0v) is 19.4. The molecule has 0 radical (unpaired) electrons. The molecule has 1 saturated heterocycles. The molecule has 1 unspecified atom stereocenters. The van der Waals surface area contributed by atoms with Crippen LogP contribution in [0.5, 0.6) is 0 Å². The van der Waals surface area contributed by atoms with Crippen molar-refractivity contribution in [2.75, 3.05) is 26.2 Å². The van der Waals surface area contributed by atoms with Crippen LogP contribution < -0.4 is 10.6 Å². The van der Waals surface area contributed by atoms with Crippen molar-refractivity contribution >= 4 is 29.9 Å². The molecule has 4 nitrogen and oxygen atoms in total. The number of nitrogens with one attached hydrogen (secondary N) is 2. The third-order valence-corrected chi connectivity index (χ3v) is 5.08. The lowest BCUT2D eigenvalue weighted by Crippen LogP contribution is -2.49. The Morgan fingerprint density at radius 3 is 2.50 bits per heavy atom. The third kappa shape index (κ3) is 7.43. The molecule has 0 amide bonds. The van der Waals surface area contributed by atoms with Crippen molar-refractivity contribution < 1.29 is 0 Å². The largest absolute Gasteiger partial charge is 0.357 e. The molecule has 26 heavy (non-hydrogen) atoms. The van der Waals surface area contributed by atoms with Gasteiger partial charge in [0.15, 0.2) is 5.96 Å². The lowest BCUT2D eigenvalue weighted by molar-refractivity contribution is 0.167. The smallest absolute Gasteiger partial charge is 0.191 e. The van der Waals surface area contributed by atoms with Gasteiger partial charge in [-0.3, -0.25) is 4.99 Å². The number of likely N-dealkylation sites (tertiary alicyclic amines) is 1. The zero-order chi connectivity index (χ0) is 18.2. The first kappa shape index (κ1) is 23.2. The van der Waals surface area contributed by atoms with Crippen LogP contribution in [0, 0.1) is 6.92 Å².